The lowest BCUT2D eigenvalue weighted by Crippen LogP contribution is -2.32. The number of nitrogens with zero attached hydrogens (tertiary/aromatic N) is 3. The van der Waals surface area contributed by atoms with Gasteiger partial charge in [-0.3, -0.25) is 4.79 Å². The molecule has 130 valence electrons. The smallest absolute Gasteiger partial charge is 0.252 e. The maximum absolute atomic E-state index is 12.8. The molecule has 0 spiro atoms. The summed E-state index contributed by atoms with van der Waals surface area (Å²) >= 11 is 0. The third-order valence-electron chi connectivity index (χ3n) is 4.32. The summed E-state index contributed by atoms with van der Waals surface area (Å²) in [7, 11) is 0. The molecular weight excluding hydrogens is 312 g/mol. The van der Waals surface area contributed by atoms with Crippen molar-refractivity contribution < 1.29 is 4.79 Å². The van der Waals surface area contributed by atoms with E-state index in [1.807, 2.05) is 54.9 Å². The van der Waals surface area contributed by atoms with E-state index in [9.17, 15) is 4.79 Å². The topological polar surface area (TPSA) is 59.8 Å². The fourth-order valence-electron chi connectivity index (χ4n) is 3.03. The highest BCUT2D eigenvalue weighted by Gasteiger charge is 2.18. The van der Waals surface area contributed by atoms with Crippen molar-refractivity contribution in [1.82, 2.24) is 20.1 Å². The van der Waals surface area contributed by atoms with E-state index < -0.39 is 0 Å². The standard InChI is InChI=1S/C20H24N4O/c1-4-9-14(3)22-20(25)16-12-18(15-10-7-6-8-11-15)23-19-17(16)13-21-24(19)5-2/h6-8,10-14H,4-5,9H2,1-3H3,(H,22,25). The molecular formula is C20H24N4O. The van der Waals surface area contributed by atoms with Gasteiger partial charge in [-0.1, -0.05) is 43.7 Å². The summed E-state index contributed by atoms with van der Waals surface area (Å²) in [4.78, 5) is 17.6. The summed E-state index contributed by atoms with van der Waals surface area (Å²) in [6.07, 6.45) is 3.73. The van der Waals surface area contributed by atoms with Gasteiger partial charge < -0.3 is 5.32 Å². The molecule has 0 aliphatic heterocycles. The second-order valence-corrected chi connectivity index (χ2v) is 6.28. The van der Waals surface area contributed by atoms with Crippen LogP contribution in [0.3, 0.4) is 0 Å². The number of carbonyl (C=O) groups is 1. The van der Waals surface area contributed by atoms with E-state index in [-0.39, 0.29) is 11.9 Å². The molecule has 0 fully saturated rings. The second-order valence-electron chi connectivity index (χ2n) is 6.28. The van der Waals surface area contributed by atoms with Crippen LogP contribution in [0.5, 0.6) is 0 Å². The number of aromatic nitrogens is 3. The lowest BCUT2D eigenvalue weighted by molar-refractivity contribution is 0.0940. The van der Waals surface area contributed by atoms with E-state index >= 15 is 0 Å². The zero-order valence-corrected chi connectivity index (χ0v) is 15.0. The number of carbonyl (C=O) groups excluding carboxylic acids is 1. The van der Waals surface area contributed by atoms with Crippen LogP contribution in [0.15, 0.2) is 42.6 Å². The Hall–Kier alpha value is -2.69. The molecule has 5 heteroatoms. The van der Waals surface area contributed by atoms with Crippen molar-refractivity contribution >= 4 is 16.9 Å². The Balaban J connectivity index is 2.10. The molecule has 0 aliphatic rings. The zero-order valence-electron chi connectivity index (χ0n) is 15.0. The highest BCUT2D eigenvalue weighted by Crippen LogP contribution is 2.25. The SMILES string of the molecule is CCCC(C)NC(=O)c1cc(-c2ccccc2)nc2c1cnn2CC. The van der Waals surface area contributed by atoms with Gasteiger partial charge in [0.15, 0.2) is 5.65 Å². The van der Waals surface area contributed by atoms with Crippen LogP contribution >= 0.6 is 0 Å². The van der Waals surface area contributed by atoms with Gasteiger partial charge in [0.25, 0.3) is 5.91 Å². The van der Waals surface area contributed by atoms with Crippen LogP contribution in [0.4, 0.5) is 0 Å². The average molecular weight is 336 g/mol. The van der Waals surface area contributed by atoms with Crippen molar-refractivity contribution in [2.24, 2.45) is 0 Å². The molecule has 0 saturated carbocycles. The lowest BCUT2D eigenvalue weighted by atomic mass is 10.1. The fourth-order valence-corrected chi connectivity index (χ4v) is 3.03. The fraction of sp³-hybridized carbons (Fsp3) is 0.350. The molecule has 3 rings (SSSR count). The first-order valence-electron chi connectivity index (χ1n) is 8.86. The predicted octanol–water partition coefficient (Wildman–Crippen LogP) is 4.04. The van der Waals surface area contributed by atoms with E-state index in [2.05, 4.69) is 17.3 Å². The van der Waals surface area contributed by atoms with E-state index in [1.165, 1.54) is 0 Å². The van der Waals surface area contributed by atoms with Crippen LogP contribution in [0.1, 0.15) is 44.0 Å². The van der Waals surface area contributed by atoms with Gasteiger partial charge >= 0.3 is 0 Å². The van der Waals surface area contributed by atoms with Gasteiger partial charge in [-0.2, -0.15) is 5.10 Å². The Morgan fingerprint density at radius 3 is 2.68 bits per heavy atom. The predicted molar refractivity (Wildman–Crippen MR) is 100 cm³/mol. The summed E-state index contributed by atoms with van der Waals surface area (Å²) in [5.41, 5.74) is 3.16. The maximum atomic E-state index is 12.8. The van der Waals surface area contributed by atoms with Crippen LogP contribution in [-0.2, 0) is 6.54 Å². The van der Waals surface area contributed by atoms with Crippen LogP contribution in [0.25, 0.3) is 22.3 Å². The number of fused-ring (bicyclic) bond motifs is 1. The van der Waals surface area contributed by atoms with Crippen molar-refractivity contribution in [2.75, 3.05) is 0 Å². The van der Waals surface area contributed by atoms with Crippen molar-refractivity contribution in [3.63, 3.8) is 0 Å². The molecule has 1 N–H and O–H groups in total. The summed E-state index contributed by atoms with van der Waals surface area (Å²) in [5.74, 6) is -0.0683. The largest absolute Gasteiger partial charge is 0.350 e. The molecule has 25 heavy (non-hydrogen) atoms. The summed E-state index contributed by atoms with van der Waals surface area (Å²) in [6, 6.07) is 11.9. The molecule has 0 bridgehead atoms. The molecule has 3 aromatic rings. The van der Waals surface area contributed by atoms with Crippen molar-refractivity contribution in [3.8, 4) is 11.3 Å². The van der Waals surface area contributed by atoms with Crippen LogP contribution in [-0.4, -0.2) is 26.7 Å². The number of aryl methyl sites for hydroxylation is 1. The Kier molecular flexibility index (Phi) is 5.12. The zero-order chi connectivity index (χ0) is 17.8. The number of nitrogens with one attached hydrogen (secondary N) is 1. The van der Waals surface area contributed by atoms with Crippen LogP contribution in [0.2, 0.25) is 0 Å². The quantitative estimate of drug-likeness (QED) is 0.739. The van der Waals surface area contributed by atoms with E-state index in [1.54, 1.807) is 6.20 Å². The lowest BCUT2D eigenvalue weighted by Gasteiger charge is -2.14. The third kappa shape index (κ3) is 3.55. The maximum Gasteiger partial charge on any atom is 0.252 e. The first kappa shape index (κ1) is 17.1. The van der Waals surface area contributed by atoms with Gasteiger partial charge in [-0.25, -0.2) is 9.67 Å². The van der Waals surface area contributed by atoms with Crippen molar-refractivity contribution in [2.45, 2.75) is 46.2 Å². The van der Waals surface area contributed by atoms with E-state index in [0.29, 0.717) is 12.1 Å². The van der Waals surface area contributed by atoms with Crippen LogP contribution < -0.4 is 5.32 Å². The number of benzene rings is 1. The first-order chi connectivity index (χ1) is 12.1. The highest BCUT2D eigenvalue weighted by molar-refractivity contribution is 6.06. The second kappa shape index (κ2) is 7.47. The number of rotatable bonds is 6. The molecule has 0 radical (unpaired) electrons. The summed E-state index contributed by atoms with van der Waals surface area (Å²) in [6.45, 7) is 6.88. The van der Waals surface area contributed by atoms with Crippen molar-refractivity contribution in [1.29, 1.82) is 0 Å². The molecule has 0 aliphatic carbocycles. The summed E-state index contributed by atoms with van der Waals surface area (Å²) in [5, 5.41) is 8.27. The van der Waals surface area contributed by atoms with Crippen molar-refractivity contribution in [3.05, 3.63) is 48.2 Å². The van der Waals surface area contributed by atoms with Gasteiger partial charge in [0.2, 0.25) is 0 Å². The minimum Gasteiger partial charge on any atom is -0.350 e. The third-order valence-corrected chi connectivity index (χ3v) is 4.32. The Morgan fingerprint density at radius 1 is 1.24 bits per heavy atom. The van der Waals surface area contributed by atoms with Crippen LogP contribution in [0, 0.1) is 0 Å². The number of hydrogen-bond donors (Lipinski definition) is 1. The number of hydrogen-bond acceptors (Lipinski definition) is 3. The Morgan fingerprint density at radius 2 is 2.00 bits per heavy atom. The molecule has 2 aromatic heterocycles. The number of pyridine rings is 1. The van der Waals surface area contributed by atoms with Gasteiger partial charge in [0, 0.05) is 18.2 Å². The molecule has 1 unspecified atom stereocenters. The molecule has 2 heterocycles. The van der Waals surface area contributed by atoms with E-state index in [4.69, 9.17) is 4.98 Å². The molecule has 1 aromatic carbocycles. The molecule has 1 amide bonds. The van der Waals surface area contributed by atoms with E-state index in [0.717, 1.165) is 35.1 Å². The molecule has 5 nitrogen and oxygen atoms in total. The minimum atomic E-state index is -0.0683. The van der Waals surface area contributed by atoms with Gasteiger partial charge in [-0.15, -0.1) is 0 Å². The van der Waals surface area contributed by atoms with Gasteiger partial charge in [0.05, 0.1) is 22.8 Å². The highest BCUT2D eigenvalue weighted by atomic mass is 16.1. The Labute approximate surface area is 148 Å². The molecule has 1 atom stereocenters. The van der Waals surface area contributed by atoms with Gasteiger partial charge in [0.1, 0.15) is 0 Å². The average Bonchev–Trinajstić information content (AvgIpc) is 3.04. The van der Waals surface area contributed by atoms with Gasteiger partial charge in [-0.05, 0) is 26.3 Å². The Bertz CT molecular complexity index is 870. The monoisotopic (exact) mass is 336 g/mol. The molecule has 0 saturated heterocycles. The minimum absolute atomic E-state index is 0.0683. The normalized spacial score (nSPS) is 12.3. The number of amides is 1. The summed E-state index contributed by atoms with van der Waals surface area (Å²) < 4.78 is 1.83. The first-order valence-corrected chi connectivity index (χ1v) is 8.86.